The molecule has 1 heterocycles. The molecule has 2 amide bonds. The van der Waals surface area contributed by atoms with Gasteiger partial charge in [0, 0.05) is 30.3 Å². The molecule has 3 N–H and O–H groups in total. The number of non-ortho nitro benzene ring substituents is 1. The molecular weight excluding hydrogens is 288 g/mol. The first-order valence-corrected chi connectivity index (χ1v) is 7.04. The molecule has 2 atom stereocenters. The summed E-state index contributed by atoms with van der Waals surface area (Å²) in [5, 5.41) is 19.2. The van der Waals surface area contributed by atoms with Crippen molar-refractivity contribution >= 4 is 17.5 Å². The highest BCUT2D eigenvalue weighted by atomic mass is 16.6. The van der Waals surface area contributed by atoms with Crippen LogP contribution in [0.3, 0.4) is 0 Å². The van der Waals surface area contributed by atoms with Crippen molar-refractivity contribution < 1.29 is 14.5 Å². The number of nitro groups is 1. The molecule has 1 fully saturated rings. The van der Waals surface area contributed by atoms with Crippen molar-refractivity contribution in [2.75, 3.05) is 13.1 Å². The molecule has 8 heteroatoms. The normalized spacial score (nSPS) is 18.5. The zero-order valence-electron chi connectivity index (χ0n) is 12.2. The maximum Gasteiger partial charge on any atom is 0.270 e. The number of hydrogen-bond acceptors (Lipinski definition) is 5. The first-order valence-electron chi connectivity index (χ1n) is 7.04. The Kier molecular flexibility index (Phi) is 5.05. The Balaban J connectivity index is 1.94. The molecule has 2 unspecified atom stereocenters. The van der Waals surface area contributed by atoms with E-state index in [1.807, 2.05) is 0 Å². The third-order valence-electron chi connectivity index (χ3n) is 3.47. The van der Waals surface area contributed by atoms with Crippen molar-refractivity contribution in [3.63, 3.8) is 0 Å². The fraction of sp³-hybridized carbons (Fsp3) is 0.429. The van der Waals surface area contributed by atoms with E-state index in [1.54, 1.807) is 6.92 Å². The van der Waals surface area contributed by atoms with E-state index in [9.17, 15) is 19.7 Å². The van der Waals surface area contributed by atoms with E-state index in [0.29, 0.717) is 0 Å². The van der Waals surface area contributed by atoms with Gasteiger partial charge in [-0.25, -0.2) is 0 Å². The van der Waals surface area contributed by atoms with Gasteiger partial charge >= 0.3 is 0 Å². The standard InChI is InChI=1S/C14H18N4O4/c1-9(13(19)17-11-5-6-15-8-11)16-14(20)10-3-2-4-12(7-10)18(21)22/h2-4,7,9,11,15H,5-6,8H2,1H3,(H,16,20)(H,17,19). The second-order valence-corrected chi connectivity index (χ2v) is 5.20. The SMILES string of the molecule is CC(NC(=O)c1cccc([N+](=O)[O-])c1)C(=O)NC1CCNC1. The molecule has 0 spiro atoms. The average molecular weight is 306 g/mol. The first kappa shape index (κ1) is 15.9. The van der Waals surface area contributed by atoms with Gasteiger partial charge in [0.05, 0.1) is 4.92 Å². The van der Waals surface area contributed by atoms with Crippen LogP contribution in [0.5, 0.6) is 0 Å². The molecule has 0 aliphatic carbocycles. The fourth-order valence-corrected chi connectivity index (χ4v) is 2.21. The van der Waals surface area contributed by atoms with Gasteiger partial charge in [-0.05, 0) is 26.0 Å². The lowest BCUT2D eigenvalue weighted by Crippen LogP contribution is -2.48. The predicted octanol–water partition coefficient (Wildman–Crippen LogP) is 0.191. The highest BCUT2D eigenvalue weighted by Gasteiger charge is 2.22. The van der Waals surface area contributed by atoms with Gasteiger partial charge in [0.2, 0.25) is 5.91 Å². The molecule has 1 aromatic rings. The lowest BCUT2D eigenvalue weighted by atomic mass is 10.1. The minimum Gasteiger partial charge on any atom is -0.350 e. The van der Waals surface area contributed by atoms with Crippen LogP contribution in [0.1, 0.15) is 23.7 Å². The summed E-state index contributed by atoms with van der Waals surface area (Å²) >= 11 is 0. The molecule has 8 nitrogen and oxygen atoms in total. The molecule has 1 saturated heterocycles. The van der Waals surface area contributed by atoms with E-state index < -0.39 is 16.9 Å². The van der Waals surface area contributed by atoms with Crippen LogP contribution in [0.2, 0.25) is 0 Å². The molecule has 22 heavy (non-hydrogen) atoms. The Bertz CT molecular complexity index is 584. The molecule has 0 radical (unpaired) electrons. The molecule has 2 rings (SSSR count). The van der Waals surface area contributed by atoms with Gasteiger partial charge in [-0.3, -0.25) is 19.7 Å². The van der Waals surface area contributed by atoms with Crippen LogP contribution in [-0.4, -0.2) is 41.9 Å². The van der Waals surface area contributed by atoms with E-state index in [1.165, 1.54) is 24.3 Å². The fourth-order valence-electron chi connectivity index (χ4n) is 2.21. The average Bonchev–Trinajstić information content (AvgIpc) is 3.00. The number of amides is 2. The minimum absolute atomic E-state index is 0.0738. The van der Waals surface area contributed by atoms with Gasteiger partial charge in [0.1, 0.15) is 6.04 Å². The summed E-state index contributed by atoms with van der Waals surface area (Å²) in [6.07, 6.45) is 0.858. The number of rotatable bonds is 5. The molecule has 0 aromatic heterocycles. The number of carbonyl (C=O) groups is 2. The van der Waals surface area contributed by atoms with Gasteiger partial charge in [-0.1, -0.05) is 6.07 Å². The zero-order valence-corrected chi connectivity index (χ0v) is 12.2. The zero-order chi connectivity index (χ0) is 16.1. The topological polar surface area (TPSA) is 113 Å². The van der Waals surface area contributed by atoms with Gasteiger partial charge in [0.25, 0.3) is 11.6 Å². The van der Waals surface area contributed by atoms with E-state index in [2.05, 4.69) is 16.0 Å². The second kappa shape index (κ2) is 6.99. The largest absolute Gasteiger partial charge is 0.350 e. The number of hydrogen-bond donors (Lipinski definition) is 3. The van der Waals surface area contributed by atoms with Crippen LogP contribution in [0, 0.1) is 10.1 Å². The van der Waals surface area contributed by atoms with Gasteiger partial charge in [-0.2, -0.15) is 0 Å². The van der Waals surface area contributed by atoms with Gasteiger partial charge in [-0.15, -0.1) is 0 Å². The Morgan fingerprint density at radius 2 is 2.23 bits per heavy atom. The van der Waals surface area contributed by atoms with E-state index in [4.69, 9.17) is 0 Å². The van der Waals surface area contributed by atoms with Crippen LogP contribution in [0.15, 0.2) is 24.3 Å². The van der Waals surface area contributed by atoms with Crippen LogP contribution in [0.25, 0.3) is 0 Å². The van der Waals surface area contributed by atoms with E-state index >= 15 is 0 Å². The van der Waals surface area contributed by atoms with Crippen molar-refractivity contribution in [3.8, 4) is 0 Å². The number of benzene rings is 1. The second-order valence-electron chi connectivity index (χ2n) is 5.20. The maximum absolute atomic E-state index is 12.0. The number of carbonyl (C=O) groups excluding carboxylic acids is 2. The van der Waals surface area contributed by atoms with Crippen molar-refractivity contribution in [3.05, 3.63) is 39.9 Å². The monoisotopic (exact) mass is 306 g/mol. The molecule has 1 aliphatic heterocycles. The molecule has 118 valence electrons. The Hall–Kier alpha value is -2.48. The summed E-state index contributed by atoms with van der Waals surface area (Å²) in [4.78, 5) is 34.2. The molecule has 1 aromatic carbocycles. The predicted molar refractivity (Wildman–Crippen MR) is 79.4 cm³/mol. The summed E-state index contributed by atoms with van der Waals surface area (Å²) < 4.78 is 0. The third kappa shape index (κ3) is 4.01. The van der Waals surface area contributed by atoms with Crippen molar-refractivity contribution in [1.29, 1.82) is 0 Å². The van der Waals surface area contributed by atoms with E-state index in [0.717, 1.165) is 19.5 Å². The van der Waals surface area contributed by atoms with Crippen molar-refractivity contribution in [2.24, 2.45) is 0 Å². The Labute approximate surface area is 127 Å². The number of nitro benzene ring substituents is 1. The van der Waals surface area contributed by atoms with Crippen molar-refractivity contribution in [1.82, 2.24) is 16.0 Å². The van der Waals surface area contributed by atoms with Crippen LogP contribution >= 0.6 is 0 Å². The van der Waals surface area contributed by atoms with Gasteiger partial charge < -0.3 is 16.0 Å². The quantitative estimate of drug-likeness (QED) is 0.531. The van der Waals surface area contributed by atoms with Crippen LogP contribution < -0.4 is 16.0 Å². The first-order chi connectivity index (χ1) is 10.5. The molecule has 1 aliphatic rings. The van der Waals surface area contributed by atoms with Crippen LogP contribution in [-0.2, 0) is 4.79 Å². The van der Waals surface area contributed by atoms with Crippen LogP contribution in [0.4, 0.5) is 5.69 Å². The third-order valence-corrected chi connectivity index (χ3v) is 3.47. The van der Waals surface area contributed by atoms with E-state index in [-0.39, 0.29) is 23.2 Å². The highest BCUT2D eigenvalue weighted by Crippen LogP contribution is 2.13. The molecule has 0 saturated carbocycles. The summed E-state index contributed by atoms with van der Waals surface area (Å²) in [7, 11) is 0. The minimum atomic E-state index is -0.715. The van der Waals surface area contributed by atoms with Gasteiger partial charge in [0.15, 0.2) is 0 Å². The molecule has 0 bridgehead atoms. The molecular formula is C14H18N4O4. The Morgan fingerprint density at radius 3 is 2.86 bits per heavy atom. The number of nitrogens with one attached hydrogen (secondary N) is 3. The smallest absolute Gasteiger partial charge is 0.270 e. The summed E-state index contributed by atoms with van der Waals surface area (Å²) in [6, 6.07) is 4.74. The lowest BCUT2D eigenvalue weighted by Gasteiger charge is -2.17. The van der Waals surface area contributed by atoms with Crippen molar-refractivity contribution in [2.45, 2.75) is 25.4 Å². The lowest BCUT2D eigenvalue weighted by molar-refractivity contribution is -0.384. The summed E-state index contributed by atoms with van der Waals surface area (Å²) in [5.74, 6) is -0.789. The Morgan fingerprint density at radius 1 is 1.45 bits per heavy atom. The summed E-state index contributed by atoms with van der Waals surface area (Å²) in [5.41, 5.74) is -0.0156. The highest BCUT2D eigenvalue weighted by molar-refractivity contribution is 5.97. The maximum atomic E-state index is 12.0. The number of nitrogens with zero attached hydrogens (tertiary/aromatic N) is 1. The summed E-state index contributed by atoms with van der Waals surface area (Å²) in [6.45, 7) is 3.16.